The van der Waals surface area contributed by atoms with Crippen molar-refractivity contribution in [2.24, 2.45) is 0 Å². The Balaban J connectivity index is 1.67. The highest BCUT2D eigenvalue weighted by Crippen LogP contribution is 2.21. The van der Waals surface area contributed by atoms with E-state index in [9.17, 15) is 9.59 Å². The fraction of sp³-hybridized carbons (Fsp3) is 0.167. The third-order valence-corrected chi connectivity index (χ3v) is 4.22. The molecule has 2 aromatic heterocycles. The molecule has 0 unspecified atom stereocenters. The zero-order valence-corrected chi connectivity index (χ0v) is 15.4. The average molecular weight is 401 g/mol. The molecule has 0 saturated carbocycles. The third-order valence-electron chi connectivity index (χ3n) is 3.73. The second-order valence-electron chi connectivity index (χ2n) is 5.84. The number of nitrogens with one attached hydrogen (secondary N) is 2. The van der Waals surface area contributed by atoms with Gasteiger partial charge in [0.25, 0.3) is 5.91 Å². The molecule has 128 valence electrons. The summed E-state index contributed by atoms with van der Waals surface area (Å²) in [7, 11) is 1.59. The zero-order valence-electron chi connectivity index (χ0n) is 13.8. The van der Waals surface area contributed by atoms with Crippen LogP contribution in [-0.2, 0) is 4.79 Å². The van der Waals surface area contributed by atoms with Gasteiger partial charge in [-0.25, -0.2) is 4.98 Å². The molecule has 2 N–H and O–H groups in total. The van der Waals surface area contributed by atoms with Crippen LogP contribution in [0.5, 0.6) is 0 Å². The van der Waals surface area contributed by atoms with Gasteiger partial charge >= 0.3 is 0 Å². The number of benzene rings is 1. The van der Waals surface area contributed by atoms with Crippen molar-refractivity contribution in [2.75, 3.05) is 18.9 Å². The number of hydrogen-bond donors (Lipinski definition) is 2. The molecule has 1 aromatic carbocycles. The summed E-state index contributed by atoms with van der Waals surface area (Å²) in [6.07, 6.45) is 1.63. The van der Waals surface area contributed by atoms with Crippen molar-refractivity contribution in [2.45, 2.75) is 6.92 Å². The Bertz CT molecular complexity index is 951. The monoisotopic (exact) mass is 400 g/mol. The lowest BCUT2D eigenvalue weighted by atomic mass is 10.2. The molecule has 2 heterocycles. The smallest absolute Gasteiger partial charge is 0.270 e. The van der Waals surface area contributed by atoms with E-state index >= 15 is 0 Å². The minimum atomic E-state index is -0.298. The van der Waals surface area contributed by atoms with Crippen LogP contribution in [0.1, 0.15) is 16.1 Å². The maximum absolute atomic E-state index is 12.5. The topological polar surface area (TPSA) is 78.1 Å². The fourth-order valence-corrected chi connectivity index (χ4v) is 2.86. The number of hydrogen-bond acceptors (Lipinski definition) is 3. The molecule has 0 atom stereocenters. The molecule has 7 heteroatoms. The van der Waals surface area contributed by atoms with E-state index in [1.54, 1.807) is 25.4 Å². The molecule has 0 spiro atoms. The number of carbonyl (C=O) groups excluding carboxylic acids is 2. The van der Waals surface area contributed by atoms with Gasteiger partial charge in [0, 0.05) is 28.6 Å². The van der Waals surface area contributed by atoms with Gasteiger partial charge in [0.1, 0.15) is 11.5 Å². The standard InChI is InChI=1S/C18H17BrN4O2/c1-11-5-6-20-16(7-11)22-17(24)10-23(2)18(25)15-8-12-3-4-13(19)9-14(12)21-15/h3-9,21H,10H2,1-2H3,(H,20,22,24). The quantitative estimate of drug-likeness (QED) is 0.704. The number of aromatic nitrogens is 2. The summed E-state index contributed by atoms with van der Waals surface area (Å²) >= 11 is 3.40. The van der Waals surface area contributed by atoms with Crippen LogP contribution in [0.25, 0.3) is 10.9 Å². The number of rotatable bonds is 4. The molecule has 2 amide bonds. The van der Waals surface area contributed by atoms with Gasteiger partial charge in [-0.2, -0.15) is 0 Å². The van der Waals surface area contributed by atoms with E-state index in [0.29, 0.717) is 11.5 Å². The highest BCUT2D eigenvalue weighted by Gasteiger charge is 2.17. The Hall–Kier alpha value is -2.67. The maximum Gasteiger partial charge on any atom is 0.270 e. The second-order valence-corrected chi connectivity index (χ2v) is 6.76. The predicted octanol–water partition coefficient (Wildman–Crippen LogP) is 3.34. The van der Waals surface area contributed by atoms with Crippen molar-refractivity contribution in [1.82, 2.24) is 14.9 Å². The number of carbonyl (C=O) groups is 2. The Morgan fingerprint density at radius 1 is 1.24 bits per heavy atom. The van der Waals surface area contributed by atoms with Gasteiger partial charge < -0.3 is 15.2 Å². The number of aryl methyl sites for hydroxylation is 1. The lowest BCUT2D eigenvalue weighted by Gasteiger charge is -2.15. The number of nitrogens with zero attached hydrogens (tertiary/aromatic N) is 2. The summed E-state index contributed by atoms with van der Waals surface area (Å²) in [5, 5.41) is 3.63. The van der Waals surface area contributed by atoms with Gasteiger partial charge in [0.05, 0.1) is 6.54 Å². The Morgan fingerprint density at radius 2 is 2.04 bits per heavy atom. The minimum absolute atomic E-state index is 0.0620. The first kappa shape index (κ1) is 17.2. The molecule has 0 fully saturated rings. The lowest BCUT2D eigenvalue weighted by Crippen LogP contribution is -2.35. The van der Waals surface area contributed by atoms with Crippen LogP contribution in [0.2, 0.25) is 0 Å². The van der Waals surface area contributed by atoms with Crippen LogP contribution >= 0.6 is 15.9 Å². The first-order valence-electron chi connectivity index (χ1n) is 7.68. The van der Waals surface area contributed by atoms with Gasteiger partial charge in [0.15, 0.2) is 0 Å². The van der Waals surface area contributed by atoms with E-state index in [0.717, 1.165) is 20.9 Å². The average Bonchev–Trinajstić information content (AvgIpc) is 2.96. The number of fused-ring (bicyclic) bond motifs is 1. The largest absolute Gasteiger partial charge is 0.350 e. The highest BCUT2D eigenvalue weighted by molar-refractivity contribution is 9.10. The number of likely N-dealkylation sites (N-methyl/N-ethyl adjacent to an activating group) is 1. The summed E-state index contributed by atoms with van der Waals surface area (Å²) in [6.45, 7) is 1.86. The molecule has 0 saturated heterocycles. The normalized spacial score (nSPS) is 10.7. The molecule has 6 nitrogen and oxygen atoms in total. The van der Waals surface area contributed by atoms with Crippen molar-refractivity contribution in [3.63, 3.8) is 0 Å². The third kappa shape index (κ3) is 4.06. The predicted molar refractivity (Wildman–Crippen MR) is 101 cm³/mol. The number of H-pyrrole nitrogens is 1. The number of amides is 2. The van der Waals surface area contributed by atoms with Crippen molar-refractivity contribution in [3.8, 4) is 0 Å². The van der Waals surface area contributed by atoms with Crippen molar-refractivity contribution < 1.29 is 9.59 Å². The summed E-state index contributed by atoms with van der Waals surface area (Å²) in [5.41, 5.74) is 2.30. The molecule has 0 radical (unpaired) electrons. The van der Waals surface area contributed by atoms with Gasteiger partial charge in [-0.1, -0.05) is 22.0 Å². The Kier molecular flexibility index (Phi) is 4.85. The number of aromatic amines is 1. The maximum atomic E-state index is 12.5. The SMILES string of the molecule is Cc1ccnc(NC(=O)CN(C)C(=O)c2cc3ccc(Br)cc3[nH]2)c1. The molecule has 3 rings (SSSR count). The van der Waals surface area contributed by atoms with Crippen molar-refractivity contribution in [1.29, 1.82) is 0 Å². The molecular formula is C18H17BrN4O2. The Morgan fingerprint density at radius 3 is 2.80 bits per heavy atom. The van der Waals surface area contributed by atoms with E-state index in [4.69, 9.17) is 0 Å². The van der Waals surface area contributed by atoms with Gasteiger partial charge in [-0.05, 0) is 42.8 Å². The number of pyridine rings is 1. The summed E-state index contributed by atoms with van der Waals surface area (Å²) in [4.78, 5) is 33.2. The second kappa shape index (κ2) is 7.06. The molecule has 0 aliphatic heterocycles. The Labute approximate surface area is 153 Å². The lowest BCUT2D eigenvalue weighted by molar-refractivity contribution is -0.116. The van der Waals surface area contributed by atoms with Crippen LogP contribution in [0.15, 0.2) is 47.1 Å². The van der Waals surface area contributed by atoms with Crippen LogP contribution in [-0.4, -0.2) is 40.3 Å². The molecule has 25 heavy (non-hydrogen) atoms. The molecule has 0 aliphatic rings. The molecular weight excluding hydrogens is 384 g/mol. The van der Waals surface area contributed by atoms with Crippen LogP contribution in [0.4, 0.5) is 5.82 Å². The fourth-order valence-electron chi connectivity index (χ4n) is 2.49. The first-order valence-corrected chi connectivity index (χ1v) is 8.48. The van der Waals surface area contributed by atoms with Gasteiger partial charge in [-0.15, -0.1) is 0 Å². The van der Waals surface area contributed by atoms with Crippen molar-refractivity contribution >= 4 is 44.5 Å². The van der Waals surface area contributed by atoms with E-state index in [1.807, 2.05) is 31.2 Å². The molecule has 0 aliphatic carbocycles. The minimum Gasteiger partial charge on any atom is -0.350 e. The summed E-state index contributed by atoms with van der Waals surface area (Å²) in [5.74, 6) is -0.0752. The zero-order chi connectivity index (χ0) is 18.0. The molecule has 0 bridgehead atoms. The summed E-state index contributed by atoms with van der Waals surface area (Å²) in [6, 6.07) is 11.1. The van der Waals surface area contributed by atoms with Crippen LogP contribution < -0.4 is 5.32 Å². The van der Waals surface area contributed by atoms with E-state index in [1.165, 1.54) is 4.90 Å². The molecule has 3 aromatic rings. The van der Waals surface area contributed by atoms with Crippen LogP contribution in [0, 0.1) is 6.92 Å². The van der Waals surface area contributed by atoms with Crippen LogP contribution in [0.3, 0.4) is 0 Å². The van der Waals surface area contributed by atoms with E-state index in [2.05, 4.69) is 31.2 Å². The number of anilines is 1. The van der Waals surface area contributed by atoms with Gasteiger partial charge in [0.2, 0.25) is 5.91 Å². The first-order chi connectivity index (χ1) is 11.9. The summed E-state index contributed by atoms with van der Waals surface area (Å²) < 4.78 is 0.930. The number of halogens is 1. The van der Waals surface area contributed by atoms with E-state index in [-0.39, 0.29) is 18.4 Å². The van der Waals surface area contributed by atoms with Gasteiger partial charge in [-0.3, -0.25) is 9.59 Å². The highest BCUT2D eigenvalue weighted by atomic mass is 79.9. The van der Waals surface area contributed by atoms with E-state index < -0.39 is 0 Å². The van der Waals surface area contributed by atoms with Crippen molar-refractivity contribution in [3.05, 3.63) is 58.3 Å².